The molecule has 2 atom stereocenters. The standard InChI is InChI=1S/C15H26N2O2/c1-13(2,3)17-12(18)19-15-7-10-4-11(8-15)6-14(16,5-10)9-15/h10-11H,4-9,16H2,1-3H3,(H,17,18). The molecule has 4 saturated carbocycles. The number of nitrogens with one attached hydrogen (secondary N) is 1. The largest absolute Gasteiger partial charge is 0.443 e. The van der Waals surface area contributed by atoms with Gasteiger partial charge >= 0.3 is 6.09 Å². The first-order valence-corrected chi connectivity index (χ1v) is 7.47. The van der Waals surface area contributed by atoms with Crippen LogP contribution < -0.4 is 11.1 Å². The van der Waals surface area contributed by atoms with Crippen LogP contribution in [-0.2, 0) is 4.74 Å². The molecule has 0 spiro atoms. The van der Waals surface area contributed by atoms with E-state index < -0.39 is 0 Å². The average Bonchev–Trinajstić information content (AvgIpc) is 2.06. The molecule has 108 valence electrons. The van der Waals surface area contributed by atoms with Gasteiger partial charge in [0.05, 0.1) is 0 Å². The zero-order valence-electron chi connectivity index (χ0n) is 12.3. The lowest BCUT2D eigenvalue weighted by molar-refractivity contribution is -0.136. The van der Waals surface area contributed by atoms with E-state index >= 15 is 0 Å². The topological polar surface area (TPSA) is 64.3 Å². The number of ether oxygens (including phenoxy) is 1. The number of carbonyl (C=O) groups is 1. The van der Waals surface area contributed by atoms with Crippen LogP contribution in [0.25, 0.3) is 0 Å². The van der Waals surface area contributed by atoms with E-state index in [1.807, 2.05) is 20.8 Å². The minimum absolute atomic E-state index is 0.0773. The Labute approximate surface area is 115 Å². The third kappa shape index (κ3) is 2.60. The summed E-state index contributed by atoms with van der Waals surface area (Å²) >= 11 is 0. The molecule has 4 heteroatoms. The molecule has 0 radical (unpaired) electrons. The van der Waals surface area contributed by atoms with Gasteiger partial charge in [-0.15, -0.1) is 0 Å². The van der Waals surface area contributed by atoms with E-state index in [0.717, 1.165) is 32.1 Å². The monoisotopic (exact) mass is 266 g/mol. The molecule has 3 N–H and O–H groups in total. The Bertz CT molecular complexity index is 385. The molecule has 0 heterocycles. The smallest absolute Gasteiger partial charge is 0.408 e. The van der Waals surface area contributed by atoms with Crippen molar-refractivity contribution in [3.05, 3.63) is 0 Å². The molecule has 4 fully saturated rings. The summed E-state index contributed by atoms with van der Waals surface area (Å²) in [6.07, 6.45) is 6.12. The number of rotatable bonds is 1. The molecule has 0 aliphatic heterocycles. The summed E-state index contributed by atoms with van der Waals surface area (Å²) in [4.78, 5) is 12.1. The SMILES string of the molecule is CC(C)(C)NC(=O)OC12CC3CC(CC(N)(C3)C1)C2. The van der Waals surface area contributed by atoms with Crippen LogP contribution in [0.3, 0.4) is 0 Å². The van der Waals surface area contributed by atoms with Gasteiger partial charge in [0.2, 0.25) is 0 Å². The molecule has 4 nitrogen and oxygen atoms in total. The molecule has 2 unspecified atom stereocenters. The first-order valence-electron chi connectivity index (χ1n) is 7.47. The van der Waals surface area contributed by atoms with Crippen molar-refractivity contribution >= 4 is 6.09 Å². The first-order chi connectivity index (χ1) is 8.67. The summed E-state index contributed by atoms with van der Waals surface area (Å²) in [6, 6.07) is 0. The predicted octanol–water partition coefficient (Wildman–Crippen LogP) is 2.56. The van der Waals surface area contributed by atoms with Crippen molar-refractivity contribution in [2.75, 3.05) is 0 Å². The summed E-state index contributed by atoms with van der Waals surface area (Å²) in [5.41, 5.74) is 5.89. The molecule has 19 heavy (non-hydrogen) atoms. The fourth-order valence-electron chi connectivity index (χ4n) is 4.90. The van der Waals surface area contributed by atoms with Gasteiger partial charge in [-0.1, -0.05) is 0 Å². The molecule has 4 bridgehead atoms. The van der Waals surface area contributed by atoms with E-state index in [9.17, 15) is 4.79 Å². The van der Waals surface area contributed by atoms with Gasteiger partial charge in [-0.05, 0) is 64.7 Å². The van der Waals surface area contributed by atoms with E-state index in [4.69, 9.17) is 10.5 Å². The number of carbonyl (C=O) groups excluding carboxylic acids is 1. The number of nitrogens with two attached hydrogens (primary N) is 1. The molecule has 4 aliphatic carbocycles. The van der Waals surface area contributed by atoms with Crippen molar-refractivity contribution in [1.29, 1.82) is 0 Å². The number of hydrogen-bond donors (Lipinski definition) is 2. The van der Waals surface area contributed by atoms with Gasteiger partial charge in [0, 0.05) is 17.5 Å². The Kier molecular flexibility index (Phi) is 2.70. The molecule has 4 rings (SSSR count). The minimum Gasteiger partial charge on any atom is -0.443 e. The van der Waals surface area contributed by atoms with Crippen molar-refractivity contribution < 1.29 is 9.53 Å². The van der Waals surface area contributed by atoms with Crippen LogP contribution in [0.1, 0.15) is 59.3 Å². The fourth-order valence-corrected chi connectivity index (χ4v) is 4.90. The number of alkyl carbamates (subject to hydrolysis) is 1. The first kappa shape index (κ1) is 13.2. The molecule has 0 aromatic heterocycles. The van der Waals surface area contributed by atoms with Gasteiger partial charge in [0.15, 0.2) is 0 Å². The third-order valence-corrected chi connectivity index (χ3v) is 4.84. The molecule has 0 aromatic rings. The summed E-state index contributed by atoms with van der Waals surface area (Å²) in [7, 11) is 0. The second-order valence-electron chi connectivity index (χ2n) is 8.27. The molecule has 1 amide bonds. The highest BCUT2D eigenvalue weighted by Gasteiger charge is 2.58. The highest BCUT2D eigenvalue weighted by Crippen LogP contribution is 2.57. The number of hydrogen-bond acceptors (Lipinski definition) is 3. The van der Waals surface area contributed by atoms with Gasteiger partial charge in [-0.3, -0.25) is 0 Å². The van der Waals surface area contributed by atoms with Crippen LogP contribution in [0.5, 0.6) is 0 Å². The van der Waals surface area contributed by atoms with E-state index in [0.29, 0.717) is 11.8 Å². The van der Waals surface area contributed by atoms with Gasteiger partial charge in [0.25, 0.3) is 0 Å². The summed E-state index contributed by atoms with van der Waals surface area (Å²) in [5.74, 6) is 1.32. The second kappa shape index (κ2) is 3.87. The maximum atomic E-state index is 12.1. The second-order valence-corrected chi connectivity index (χ2v) is 8.27. The van der Waals surface area contributed by atoms with E-state index in [2.05, 4.69) is 5.32 Å². The lowest BCUT2D eigenvalue weighted by atomic mass is 9.51. The Morgan fingerprint density at radius 3 is 2.26 bits per heavy atom. The Hall–Kier alpha value is -0.770. The van der Waals surface area contributed by atoms with E-state index in [-0.39, 0.29) is 22.8 Å². The van der Waals surface area contributed by atoms with Gasteiger partial charge in [0.1, 0.15) is 5.60 Å². The van der Waals surface area contributed by atoms with E-state index in [1.165, 1.54) is 6.42 Å². The Morgan fingerprint density at radius 2 is 1.79 bits per heavy atom. The maximum absolute atomic E-state index is 12.1. The van der Waals surface area contributed by atoms with Crippen molar-refractivity contribution in [2.45, 2.75) is 76.0 Å². The fraction of sp³-hybridized carbons (Fsp3) is 0.933. The molecule has 4 aliphatic rings. The zero-order valence-corrected chi connectivity index (χ0v) is 12.3. The maximum Gasteiger partial charge on any atom is 0.408 e. The lowest BCUT2D eigenvalue weighted by Gasteiger charge is -2.59. The summed E-state index contributed by atoms with van der Waals surface area (Å²) in [6.45, 7) is 5.91. The van der Waals surface area contributed by atoms with Crippen LogP contribution in [0.15, 0.2) is 0 Å². The van der Waals surface area contributed by atoms with Crippen LogP contribution in [-0.4, -0.2) is 22.8 Å². The van der Waals surface area contributed by atoms with E-state index in [1.54, 1.807) is 0 Å². The Morgan fingerprint density at radius 1 is 1.21 bits per heavy atom. The normalized spacial score (nSPS) is 44.2. The van der Waals surface area contributed by atoms with Gasteiger partial charge in [-0.25, -0.2) is 4.79 Å². The molecular weight excluding hydrogens is 240 g/mol. The van der Waals surface area contributed by atoms with Crippen molar-refractivity contribution in [3.63, 3.8) is 0 Å². The van der Waals surface area contributed by atoms with Crippen molar-refractivity contribution in [2.24, 2.45) is 17.6 Å². The third-order valence-electron chi connectivity index (χ3n) is 4.84. The van der Waals surface area contributed by atoms with Crippen LogP contribution in [0.2, 0.25) is 0 Å². The van der Waals surface area contributed by atoms with Crippen LogP contribution in [0, 0.1) is 11.8 Å². The number of amides is 1. The van der Waals surface area contributed by atoms with Gasteiger partial charge in [-0.2, -0.15) is 0 Å². The predicted molar refractivity (Wildman–Crippen MR) is 73.7 cm³/mol. The van der Waals surface area contributed by atoms with Crippen molar-refractivity contribution in [3.8, 4) is 0 Å². The van der Waals surface area contributed by atoms with Crippen molar-refractivity contribution in [1.82, 2.24) is 5.32 Å². The van der Waals surface area contributed by atoms with Crippen LogP contribution in [0.4, 0.5) is 4.79 Å². The highest BCUT2D eigenvalue weighted by atomic mass is 16.6. The summed E-state index contributed by atoms with van der Waals surface area (Å²) in [5, 5.41) is 2.90. The minimum atomic E-state index is -0.284. The summed E-state index contributed by atoms with van der Waals surface area (Å²) < 4.78 is 5.86. The average molecular weight is 266 g/mol. The lowest BCUT2D eigenvalue weighted by Crippen LogP contribution is -2.64. The Balaban J connectivity index is 1.72. The van der Waals surface area contributed by atoms with Gasteiger partial charge < -0.3 is 15.8 Å². The molecular formula is C15H26N2O2. The molecule has 0 aromatic carbocycles. The molecule has 0 saturated heterocycles. The van der Waals surface area contributed by atoms with Crippen LogP contribution >= 0.6 is 0 Å². The quantitative estimate of drug-likeness (QED) is 0.766. The zero-order chi connectivity index (χ0) is 13.9. The highest BCUT2D eigenvalue weighted by molar-refractivity contribution is 5.68.